The third-order valence-corrected chi connectivity index (χ3v) is 5.31. The number of rotatable bonds is 5. The summed E-state index contributed by atoms with van der Waals surface area (Å²) in [6.07, 6.45) is 1.37. The first-order chi connectivity index (χ1) is 14.1. The number of amides is 4. The highest BCUT2D eigenvalue weighted by Crippen LogP contribution is 2.17. The van der Waals surface area contributed by atoms with Crippen molar-refractivity contribution in [3.05, 3.63) is 66.2 Å². The van der Waals surface area contributed by atoms with Gasteiger partial charge in [-0.15, -0.1) is 0 Å². The van der Waals surface area contributed by atoms with Crippen LogP contribution in [-0.2, 0) is 9.59 Å². The maximum atomic E-state index is 12.8. The van der Waals surface area contributed by atoms with Crippen molar-refractivity contribution in [2.45, 2.75) is 18.9 Å². The van der Waals surface area contributed by atoms with E-state index in [4.69, 9.17) is 0 Å². The van der Waals surface area contributed by atoms with Gasteiger partial charge >= 0.3 is 6.03 Å². The lowest BCUT2D eigenvalue weighted by molar-refractivity contribution is -0.927. The van der Waals surface area contributed by atoms with Gasteiger partial charge in [0, 0.05) is 37.1 Å². The van der Waals surface area contributed by atoms with Gasteiger partial charge in [-0.1, -0.05) is 48.5 Å². The van der Waals surface area contributed by atoms with Crippen LogP contribution in [0, 0.1) is 5.92 Å². The number of hydrogen-bond donors (Lipinski definition) is 4. The van der Waals surface area contributed by atoms with E-state index < -0.39 is 12.1 Å². The molecule has 29 heavy (non-hydrogen) atoms. The number of carbonyl (C=O) groups is 3. The van der Waals surface area contributed by atoms with E-state index in [9.17, 15) is 14.4 Å². The smallest absolute Gasteiger partial charge is 0.321 e. The van der Waals surface area contributed by atoms with Crippen LogP contribution >= 0.6 is 0 Å². The largest absolute Gasteiger partial charge is 0.341 e. The maximum Gasteiger partial charge on any atom is 0.321 e. The van der Waals surface area contributed by atoms with Crippen molar-refractivity contribution in [3.8, 4) is 0 Å². The van der Waals surface area contributed by atoms with Crippen LogP contribution in [0.2, 0.25) is 0 Å². The molecule has 1 aliphatic heterocycles. The Balaban J connectivity index is 1.65. The van der Waals surface area contributed by atoms with Gasteiger partial charge in [0.2, 0.25) is 5.91 Å². The van der Waals surface area contributed by atoms with Gasteiger partial charge in [-0.25, -0.2) is 4.79 Å². The predicted octanol–water partition coefficient (Wildman–Crippen LogP) is 1.12. The van der Waals surface area contributed by atoms with Crippen LogP contribution in [-0.4, -0.2) is 38.0 Å². The molecule has 1 heterocycles. The standard InChI is InChI=1S/C22H26N4O3/c1-23-22(29)25-21(28)19(16-8-4-2-5-9-16)26-14-12-17(13-15-26)20(27)24-18-10-6-3-7-11-18/h2-11,17,19H,12-15H2,1H3,(H,24,27)(H2,23,25,28,29)/p+1/t19-/m1/s1. The second-order valence-corrected chi connectivity index (χ2v) is 7.20. The predicted molar refractivity (Wildman–Crippen MR) is 110 cm³/mol. The lowest BCUT2D eigenvalue weighted by Crippen LogP contribution is -3.14. The quantitative estimate of drug-likeness (QED) is 0.611. The number of hydrogen-bond acceptors (Lipinski definition) is 3. The molecule has 2 aromatic carbocycles. The van der Waals surface area contributed by atoms with Crippen molar-refractivity contribution in [2.75, 3.05) is 25.5 Å². The highest BCUT2D eigenvalue weighted by molar-refractivity contribution is 5.96. The van der Waals surface area contributed by atoms with Gasteiger partial charge in [0.25, 0.3) is 5.91 Å². The molecule has 3 rings (SSSR count). The van der Waals surface area contributed by atoms with Crippen LogP contribution in [0.5, 0.6) is 0 Å². The topological polar surface area (TPSA) is 91.7 Å². The lowest BCUT2D eigenvalue weighted by atomic mass is 9.93. The fraction of sp³-hybridized carbons (Fsp3) is 0.318. The van der Waals surface area contributed by atoms with Crippen molar-refractivity contribution >= 4 is 23.5 Å². The van der Waals surface area contributed by atoms with Gasteiger partial charge in [-0.2, -0.15) is 0 Å². The van der Waals surface area contributed by atoms with E-state index in [-0.39, 0.29) is 17.7 Å². The van der Waals surface area contributed by atoms with Crippen LogP contribution in [0.25, 0.3) is 0 Å². The average Bonchev–Trinajstić information content (AvgIpc) is 2.75. The maximum absolute atomic E-state index is 12.8. The minimum Gasteiger partial charge on any atom is -0.341 e. The van der Waals surface area contributed by atoms with Gasteiger partial charge in [0.15, 0.2) is 6.04 Å². The fourth-order valence-corrected chi connectivity index (χ4v) is 3.77. The lowest BCUT2D eigenvalue weighted by Gasteiger charge is -2.33. The SMILES string of the molecule is CNC(=O)NC(=O)[C@@H](c1ccccc1)[NH+]1CCC(C(=O)Nc2ccccc2)CC1. The van der Waals surface area contributed by atoms with E-state index in [0.717, 1.165) is 16.2 Å². The Morgan fingerprint density at radius 3 is 2.10 bits per heavy atom. The Kier molecular flexibility index (Phi) is 6.97. The van der Waals surface area contributed by atoms with E-state index in [0.29, 0.717) is 25.9 Å². The molecule has 0 spiro atoms. The molecule has 1 saturated heterocycles. The number of anilines is 1. The van der Waals surface area contributed by atoms with Crippen molar-refractivity contribution < 1.29 is 19.3 Å². The summed E-state index contributed by atoms with van der Waals surface area (Å²) in [5.74, 6) is -0.406. The van der Waals surface area contributed by atoms with Crippen LogP contribution in [0.15, 0.2) is 60.7 Å². The van der Waals surface area contributed by atoms with E-state index >= 15 is 0 Å². The number of piperidine rings is 1. The van der Waals surface area contributed by atoms with Crippen molar-refractivity contribution in [1.82, 2.24) is 10.6 Å². The zero-order chi connectivity index (χ0) is 20.6. The van der Waals surface area contributed by atoms with E-state index in [1.807, 2.05) is 60.7 Å². The fourth-order valence-electron chi connectivity index (χ4n) is 3.77. The van der Waals surface area contributed by atoms with Crippen LogP contribution in [0.1, 0.15) is 24.4 Å². The number of quaternary nitrogens is 1. The first-order valence-electron chi connectivity index (χ1n) is 9.86. The minimum atomic E-state index is -0.521. The Morgan fingerprint density at radius 2 is 1.52 bits per heavy atom. The summed E-state index contributed by atoms with van der Waals surface area (Å²) >= 11 is 0. The second kappa shape index (κ2) is 9.84. The molecule has 0 radical (unpaired) electrons. The molecule has 4 amide bonds. The van der Waals surface area contributed by atoms with Gasteiger partial charge in [-0.3, -0.25) is 14.9 Å². The van der Waals surface area contributed by atoms with Crippen LogP contribution in [0.4, 0.5) is 10.5 Å². The summed E-state index contributed by atoms with van der Waals surface area (Å²) in [6, 6.07) is 17.9. The van der Waals surface area contributed by atoms with Crippen molar-refractivity contribution in [3.63, 3.8) is 0 Å². The molecular formula is C22H27N4O3+. The summed E-state index contributed by atoms with van der Waals surface area (Å²) in [7, 11) is 1.48. The minimum absolute atomic E-state index is 0.0151. The molecule has 0 saturated carbocycles. The molecule has 0 unspecified atom stereocenters. The molecule has 2 aromatic rings. The molecule has 4 N–H and O–H groups in total. The number of para-hydroxylation sites is 1. The first kappa shape index (κ1) is 20.5. The normalized spacial score (nSPS) is 19.6. The molecule has 7 heteroatoms. The van der Waals surface area contributed by atoms with Crippen LogP contribution < -0.4 is 20.9 Å². The summed E-state index contributed by atoms with van der Waals surface area (Å²) in [6.45, 7) is 1.35. The van der Waals surface area contributed by atoms with E-state index in [1.54, 1.807) is 0 Å². The number of likely N-dealkylation sites (tertiary alicyclic amines) is 1. The summed E-state index contributed by atoms with van der Waals surface area (Å²) < 4.78 is 0. The average molecular weight is 395 g/mol. The van der Waals surface area contributed by atoms with Crippen molar-refractivity contribution in [1.29, 1.82) is 0 Å². The summed E-state index contributed by atoms with van der Waals surface area (Å²) in [4.78, 5) is 38.1. The molecule has 0 bridgehead atoms. The van der Waals surface area contributed by atoms with E-state index in [2.05, 4.69) is 16.0 Å². The van der Waals surface area contributed by atoms with E-state index in [1.165, 1.54) is 7.05 Å². The molecule has 0 aliphatic carbocycles. The summed E-state index contributed by atoms with van der Waals surface area (Å²) in [5, 5.41) is 7.78. The molecule has 1 atom stereocenters. The molecule has 1 aliphatic rings. The third kappa shape index (κ3) is 5.42. The van der Waals surface area contributed by atoms with Crippen LogP contribution in [0.3, 0.4) is 0 Å². The Bertz CT molecular complexity index is 834. The monoisotopic (exact) mass is 395 g/mol. The third-order valence-electron chi connectivity index (χ3n) is 5.31. The van der Waals surface area contributed by atoms with Gasteiger partial charge < -0.3 is 15.5 Å². The molecule has 7 nitrogen and oxygen atoms in total. The second-order valence-electron chi connectivity index (χ2n) is 7.20. The number of nitrogens with one attached hydrogen (secondary N) is 4. The molecule has 1 fully saturated rings. The zero-order valence-electron chi connectivity index (χ0n) is 16.5. The number of carbonyl (C=O) groups excluding carboxylic acids is 3. The Hall–Kier alpha value is -3.19. The first-order valence-corrected chi connectivity index (χ1v) is 9.86. The number of imide groups is 1. The van der Waals surface area contributed by atoms with Gasteiger partial charge in [0.1, 0.15) is 0 Å². The zero-order valence-corrected chi connectivity index (χ0v) is 16.5. The van der Waals surface area contributed by atoms with Gasteiger partial charge in [-0.05, 0) is 12.1 Å². The number of urea groups is 1. The summed E-state index contributed by atoms with van der Waals surface area (Å²) in [5.41, 5.74) is 1.65. The van der Waals surface area contributed by atoms with Crippen molar-refractivity contribution in [2.24, 2.45) is 5.92 Å². The Morgan fingerprint density at radius 1 is 0.931 bits per heavy atom. The number of benzene rings is 2. The van der Waals surface area contributed by atoms with Gasteiger partial charge in [0.05, 0.1) is 13.1 Å². The Labute approximate surface area is 170 Å². The highest BCUT2D eigenvalue weighted by atomic mass is 16.2. The molecule has 0 aromatic heterocycles. The molecule has 152 valence electrons. The highest BCUT2D eigenvalue weighted by Gasteiger charge is 2.37. The molecular weight excluding hydrogens is 368 g/mol.